The molecule has 2 amide bonds. The smallest absolute Gasteiger partial charge is 0.322 e. The third-order valence-corrected chi connectivity index (χ3v) is 4.07. The van der Waals surface area contributed by atoms with Crippen LogP contribution in [0.25, 0.3) is 0 Å². The Balaban J connectivity index is 2.03. The summed E-state index contributed by atoms with van der Waals surface area (Å²) in [5.41, 5.74) is 0.633. The molecule has 0 radical (unpaired) electrons. The molecule has 0 saturated carbocycles. The van der Waals surface area contributed by atoms with Crippen LogP contribution >= 0.6 is 15.9 Å². The lowest BCUT2D eigenvalue weighted by Crippen LogP contribution is -2.39. The number of nitrogens with one attached hydrogen (secondary N) is 1. The highest BCUT2D eigenvalue weighted by Crippen LogP contribution is 2.28. The Morgan fingerprint density at radius 3 is 2.90 bits per heavy atom. The molecule has 1 aromatic rings. The topological polar surface area (TPSA) is 78.9 Å². The van der Waals surface area contributed by atoms with E-state index in [9.17, 15) is 9.59 Å². The minimum atomic E-state index is -0.883. The zero-order chi connectivity index (χ0) is 15.4. The molecule has 0 aliphatic carbocycles. The first-order valence-corrected chi connectivity index (χ1v) is 7.43. The van der Waals surface area contributed by atoms with E-state index >= 15 is 0 Å². The fourth-order valence-electron chi connectivity index (χ4n) is 2.46. The van der Waals surface area contributed by atoms with Crippen molar-refractivity contribution in [1.82, 2.24) is 4.90 Å². The van der Waals surface area contributed by atoms with E-state index in [1.54, 1.807) is 30.2 Å². The molecule has 1 aliphatic rings. The van der Waals surface area contributed by atoms with E-state index in [1.807, 2.05) is 0 Å². The van der Waals surface area contributed by atoms with Crippen molar-refractivity contribution in [1.29, 1.82) is 0 Å². The van der Waals surface area contributed by atoms with Gasteiger partial charge in [-0.25, -0.2) is 4.79 Å². The summed E-state index contributed by atoms with van der Waals surface area (Å²) >= 11 is 3.36. The van der Waals surface area contributed by atoms with Gasteiger partial charge in [0, 0.05) is 18.3 Å². The van der Waals surface area contributed by atoms with Crippen LogP contribution in [0.2, 0.25) is 0 Å². The summed E-state index contributed by atoms with van der Waals surface area (Å²) in [6.45, 7) is 0.584. The molecule has 21 heavy (non-hydrogen) atoms. The van der Waals surface area contributed by atoms with Gasteiger partial charge in [-0.05, 0) is 47.0 Å². The van der Waals surface area contributed by atoms with Gasteiger partial charge in [-0.1, -0.05) is 0 Å². The lowest BCUT2D eigenvalue weighted by atomic mass is 10.1. The van der Waals surface area contributed by atoms with E-state index in [1.165, 1.54) is 0 Å². The molecule has 1 fully saturated rings. The maximum atomic E-state index is 12.2. The number of amides is 2. The highest BCUT2D eigenvalue weighted by molar-refractivity contribution is 9.10. The number of aliphatic carboxylic acids is 1. The zero-order valence-electron chi connectivity index (χ0n) is 11.6. The molecule has 1 heterocycles. The number of likely N-dealkylation sites (tertiary alicyclic amines) is 1. The van der Waals surface area contributed by atoms with Crippen LogP contribution in [0.5, 0.6) is 5.75 Å². The van der Waals surface area contributed by atoms with Gasteiger partial charge in [0.15, 0.2) is 0 Å². The first-order chi connectivity index (χ1) is 10.0. The summed E-state index contributed by atoms with van der Waals surface area (Å²) in [7, 11) is 1.57. The molecule has 0 spiro atoms. The maximum Gasteiger partial charge on any atom is 0.322 e. The second kappa shape index (κ2) is 6.80. The molecular weight excluding hydrogens is 340 g/mol. The quantitative estimate of drug-likeness (QED) is 0.869. The average Bonchev–Trinajstić information content (AvgIpc) is 2.86. The normalized spacial score (nSPS) is 17.6. The van der Waals surface area contributed by atoms with Crippen LogP contribution in [-0.2, 0) is 4.79 Å². The third-order valence-electron chi connectivity index (χ3n) is 3.45. The number of carboxylic acids is 1. The first-order valence-electron chi connectivity index (χ1n) is 6.64. The molecule has 1 aromatic carbocycles. The van der Waals surface area contributed by atoms with Gasteiger partial charge in [-0.15, -0.1) is 0 Å². The molecular formula is C14H17BrN2O4. The van der Waals surface area contributed by atoms with Gasteiger partial charge >= 0.3 is 12.0 Å². The number of halogens is 1. The number of urea groups is 1. The zero-order valence-corrected chi connectivity index (χ0v) is 13.2. The molecule has 2 rings (SSSR count). The van der Waals surface area contributed by atoms with Crippen LogP contribution in [0.1, 0.15) is 19.3 Å². The fraction of sp³-hybridized carbons (Fsp3) is 0.429. The Morgan fingerprint density at radius 1 is 1.52 bits per heavy atom. The van der Waals surface area contributed by atoms with Gasteiger partial charge in [0.05, 0.1) is 18.0 Å². The second-order valence-corrected chi connectivity index (χ2v) is 5.72. The molecule has 1 saturated heterocycles. The van der Waals surface area contributed by atoms with E-state index in [2.05, 4.69) is 21.2 Å². The average molecular weight is 357 g/mol. The highest BCUT2D eigenvalue weighted by atomic mass is 79.9. The van der Waals surface area contributed by atoms with Gasteiger partial charge in [-0.3, -0.25) is 4.79 Å². The molecule has 0 bridgehead atoms. The molecule has 2 N–H and O–H groups in total. The first kappa shape index (κ1) is 15.6. The molecule has 1 aliphatic heterocycles. The van der Waals surface area contributed by atoms with Crippen molar-refractivity contribution in [3.63, 3.8) is 0 Å². The van der Waals surface area contributed by atoms with Crippen molar-refractivity contribution in [3.8, 4) is 5.75 Å². The molecule has 6 nitrogen and oxygen atoms in total. The van der Waals surface area contributed by atoms with E-state index < -0.39 is 5.97 Å². The van der Waals surface area contributed by atoms with E-state index in [-0.39, 0.29) is 18.5 Å². The van der Waals surface area contributed by atoms with Crippen molar-refractivity contribution >= 4 is 33.6 Å². The van der Waals surface area contributed by atoms with Crippen LogP contribution in [-0.4, -0.2) is 41.7 Å². The van der Waals surface area contributed by atoms with Crippen molar-refractivity contribution in [2.45, 2.75) is 25.3 Å². The SMILES string of the molecule is COc1ccc(NC(=O)N2CCCC2CC(=O)O)cc1Br. The lowest BCUT2D eigenvalue weighted by molar-refractivity contribution is -0.137. The number of benzene rings is 1. The molecule has 1 atom stereocenters. The Morgan fingerprint density at radius 2 is 2.29 bits per heavy atom. The van der Waals surface area contributed by atoms with Crippen LogP contribution < -0.4 is 10.1 Å². The van der Waals surface area contributed by atoms with Gasteiger partial charge in [0.25, 0.3) is 0 Å². The number of hydrogen-bond donors (Lipinski definition) is 2. The number of ether oxygens (including phenoxy) is 1. The molecule has 114 valence electrons. The fourth-order valence-corrected chi connectivity index (χ4v) is 3.00. The standard InChI is InChI=1S/C14H17BrN2O4/c1-21-12-5-4-9(7-11(12)15)16-14(20)17-6-2-3-10(17)8-13(18)19/h4-5,7,10H,2-3,6,8H2,1H3,(H,16,20)(H,18,19). The summed E-state index contributed by atoms with van der Waals surface area (Å²) in [6, 6.07) is 4.74. The van der Waals surface area contributed by atoms with Crippen LogP contribution in [0.4, 0.5) is 10.5 Å². The van der Waals surface area contributed by atoms with Crippen molar-refractivity contribution in [3.05, 3.63) is 22.7 Å². The molecule has 7 heteroatoms. The lowest BCUT2D eigenvalue weighted by Gasteiger charge is -2.23. The Labute approximate surface area is 131 Å². The minimum absolute atomic E-state index is 0.0142. The van der Waals surface area contributed by atoms with Crippen LogP contribution in [0.15, 0.2) is 22.7 Å². The van der Waals surface area contributed by atoms with Crippen LogP contribution in [0, 0.1) is 0 Å². The van der Waals surface area contributed by atoms with Gasteiger partial charge in [-0.2, -0.15) is 0 Å². The minimum Gasteiger partial charge on any atom is -0.496 e. The summed E-state index contributed by atoms with van der Waals surface area (Å²) < 4.78 is 5.87. The highest BCUT2D eigenvalue weighted by Gasteiger charge is 2.30. The van der Waals surface area contributed by atoms with E-state index in [4.69, 9.17) is 9.84 Å². The summed E-state index contributed by atoms with van der Waals surface area (Å²) in [5.74, 6) is -0.204. The van der Waals surface area contributed by atoms with Gasteiger partial charge in [0.1, 0.15) is 5.75 Å². The number of nitrogens with zero attached hydrogens (tertiary/aromatic N) is 1. The largest absolute Gasteiger partial charge is 0.496 e. The predicted octanol–water partition coefficient (Wildman–Crippen LogP) is 2.93. The van der Waals surface area contributed by atoms with Crippen molar-refractivity contribution in [2.75, 3.05) is 19.0 Å². The number of anilines is 1. The van der Waals surface area contributed by atoms with Crippen LogP contribution in [0.3, 0.4) is 0 Å². The third kappa shape index (κ3) is 3.87. The van der Waals surface area contributed by atoms with Gasteiger partial charge < -0.3 is 20.1 Å². The van der Waals surface area contributed by atoms with E-state index in [0.29, 0.717) is 18.0 Å². The predicted molar refractivity (Wildman–Crippen MR) is 81.7 cm³/mol. The van der Waals surface area contributed by atoms with E-state index in [0.717, 1.165) is 17.3 Å². The molecule has 1 unspecified atom stereocenters. The Hall–Kier alpha value is -1.76. The summed E-state index contributed by atoms with van der Waals surface area (Å²) in [4.78, 5) is 24.7. The monoisotopic (exact) mass is 356 g/mol. The maximum absolute atomic E-state index is 12.2. The number of hydrogen-bond acceptors (Lipinski definition) is 3. The summed E-state index contributed by atoms with van der Waals surface area (Å²) in [5, 5.41) is 11.7. The Kier molecular flexibility index (Phi) is 5.06. The summed E-state index contributed by atoms with van der Waals surface area (Å²) in [6.07, 6.45) is 1.55. The number of carbonyl (C=O) groups is 2. The number of rotatable bonds is 4. The molecule has 0 aromatic heterocycles. The Bertz CT molecular complexity index is 550. The number of methoxy groups -OCH3 is 1. The number of carbonyl (C=O) groups excluding carboxylic acids is 1. The second-order valence-electron chi connectivity index (χ2n) is 4.87. The van der Waals surface area contributed by atoms with Crippen molar-refractivity contribution in [2.24, 2.45) is 0 Å². The van der Waals surface area contributed by atoms with Crippen molar-refractivity contribution < 1.29 is 19.4 Å². The number of carboxylic acid groups (broad SMARTS) is 1. The van der Waals surface area contributed by atoms with Gasteiger partial charge in [0.2, 0.25) is 0 Å².